The highest BCUT2D eigenvalue weighted by Crippen LogP contribution is 2.25. The fraction of sp³-hybridized carbons (Fsp3) is 0.800. The number of aromatic nitrogens is 3. The van der Waals surface area contributed by atoms with Gasteiger partial charge in [0.25, 0.3) is 0 Å². The van der Waals surface area contributed by atoms with E-state index >= 15 is 0 Å². The van der Waals surface area contributed by atoms with Crippen LogP contribution in [0.3, 0.4) is 0 Å². The minimum atomic E-state index is -2.76. The standard InChI is InChI=1S/C10H18N4O2S2/c1-14-9(6-11)12-13-10(14)17-4-2-8-3-5-18(15,16)7-8/h8H,2-7,11H2,1H3/t8-/m1/s1. The molecular formula is C10H18N4O2S2. The number of sulfone groups is 1. The number of nitrogens with zero attached hydrogens (tertiary/aromatic N) is 3. The average molecular weight is 290 g/mol. The maximum absolute atomic E-state index is 11.3. The van der Waals surface area contributed by atoms with Crippen LogP contribution in [0.4, 0.5) is 0 Å². The average Bonchev–Trinajstić information content (AvgIpc) is 2.83. The lowest BCUT2D eigenvalue weighted by atomic mass is 10.1. The van der Waals surface area contributed by atoms with Crippen LogP contribution in [-0.4, -0.2) is 40.4 Å². The van der Waals surface area contributed by atoms with Crippen LogP contribution in [0.1, 0.15) is 18.7 Å². The van der Waals surface area contributed by atoms with Crippen molar-refractivity contribution < 1.29 is 8.42 Å². The molecule has 2 rings (SSSR count). The zero-order chi connectivity index (χ0) is 13.2. The van der Waals surface area contributed by atoms with Gasteiger partial charge in [-0.1, -0.05) is 11.8 Å². The van der Waals surface area contributed by atoms with E-state index < -0.39 is 9.84 Å². The summed E-state index contributed by atoms with van der Waals surface area (Å²) < 4.78 is 24.5. The molecule has 1 aromatic heterocycles. The molecule has 102 valence electrons. The Labute approximate surface area is 111 Å². The van der Waals surface area contributed by atoms with Crippen molar-refractivity contribution in [3.05, 3.63) is 5.82 Å². The van der Waals surface area contributed by atoms with Gasteiger partial charge in [0.05, 0.1) is 18.1 Å². The maximum Gasteiger partial charge on any atom is 0.190 e. The van der Waals surface area contributed by atoms with Gasteiger partial charge in [-0.05, 0) is 18.8 Å². The van der Waals surface area contributed by atoms with Crippen LogP contribution in [0.5, 0.6) is 0 Å². The second-order valence-corrected chi connectivity index (χ2v) is 7.86. The minimum Gasteiger partial charge on any atom is -0.324 e. The monoisotopic (exact) mass is 290 g/mol. The van der Waals surface area contributed by atoms with Crippen molar-refractivity contribution >= 4 is 21.6 Å². The Morgan fingerprint density at radius 3 is 2.83 bits per heavy atom. The van der Waals surface area contributed by atoms with Gasteiger partial charge in [0.1, 0.15) is 5.82 Å². The number of rotatable bonds is 5. The van der Waals surface area contributed by atoms with E-state index in [0.717, 1.165) is 29.6 Å². The Morgan fingerprint density at radius 2 is 2.28 bits per heavy atom. The van der Waals surface area contributed by atoms with Gasteiger partial charge in [-0.15, -0.1) is 10.2 Å². The van der Waals surface area contributed by atoms with Gasteiger partial charge in [0.2, 0.25) is 0 Å². The van der Waals surface area contributed by atoms with Gasteiger partial charge < -0.3 is 10.3 Å². The predicted molar refractivity (Wildman–Crippen MR) is 71.0 cm³/mol. The number of nitrogens with two attached hydrogens (primary N) is 1. The third-order valence-corrected chi connectivity index (χ3v) is 6.08. The van der Waals surface area contributed by atoms with Crippen LogP contribution in [0.15, 0.2) is 5.16 Å². The van der Waals surface area contributed by atoms with Crippen LogP contribution >= 0.6 is 11.8 Å². The van der Waals surface area contributed by atoms with Crippen LogP contribution in [0, 0.1) is 5.92 Å². The van der Waals surface area contributed by atoms with Gasteiger partial charge in [-0.25, -0.2) is 8.42 Å². The first-order valence-corrected chi connectivity index (χ1v) is 8.74. The topological polar surface area (TPSA) is 90.9 Å². The summed E-state index contributed by atoms with van der Waals surface area (Å²) in [5.74, 6) is 2.64. The zero-order valence-electron chi connectivity index (χ0n) is 10.4. The quantitative estimate of drug-likeness (QED) is 0.779. The highest BCUT2D eigenvalue weighted by Gasteiger charge is 2.27. The van der Waals surface area contributed by atoms with Gasteiger partial charge in [0.15, 0.2) is 15.0 Å². The molecule has 1 atom stereocenters. The van der Waals surface area contributed by atoms with Gasteiger partial charge in [-0.2, -0.15) is 0 Å². The van der Waals surface area contributed by atoms with E-state index in [1.807, 2.05) is 11.6 Å². The molecule has 6 nitrogen and oxygen atoms in total. The summed E-state index contributed by atoms with van der Waals surface area (Å²) in [5.41, 5.74) is 5.52. The van der Waals surface area contributed by atoms with Crippen LogP contribution in [0.25, 0.3) is 0 Å². The Hall–Kier alpha value is -0.600. The zero-order valence-corrected chi connectivity index (χ0v) is 12.0. The molecule has 2 heterocycles. The van der Waals surface area contributed by atoms with E-state index in [1.165, 1.54) is 0 Å². The third kappa shape index (κ3) is 3.24. The van der Waals surface area contributed by atoms with Crippen molar-refractivity contribution in [3.8, 4) is 0 Å². The normalized spacial score (nSPS) is 22.4. The first-order valence-electron chi connectivity index (χ1n) is 5.93. The smallest absolute Gasteiger partial charge is 0.190 e. The maximum atomic E-state index is 11.3. The summed E-state index contributed by atoms with van der Waals surface area (Å²) in [6, 6.07) is 0. The van der Waals surface area contributed by atoms with Crippen LogP contribution < -0.4 is 5.73 Å². The van der Waals surface area contributed by atoms with Crippen molar-refractivity contribution in [3.63, 3.8) is 0 Å². The Balaban J connectivity index is 1.80. The van der Waals surface area contributed by atoms with Crippen molar-refractivity contribution in [1.29, 1.82) is 0 Å². The van der Waals surface area contributed by atoms with Gasteiger partial charge in [-0.3, -0.25) is 0 Å². The fourth-order valence-electron chi connectivity index (χ4n) is 2.07. The number of hydrogen-bond acceptors (Lipinski definition) is 6. The first-order chi connectivity index (χ1) is 8.52. The van der Waals surface area contributed by atoms with E-state index in [4.69, 9.17) is 5.73 Å². The molecule has 1 saturated heterocycles. The summed E-state index contributed by atoms with van der Waals surface area (Å²) in [6.07, 6.45) is 1.71. The number of hydrogen-bond donors (Lipinski definition) is 1. The van der Waals surface area contributed by atoms with E-state index in [9.17, 15) is 8.42 Å². The molecule has 0 spiro atoms. The molecule has 18 heavy (non-hydrogen) atoms. The van der Waals surface area contributed by atoms with Crippen LogP contribution in [-0.2, 0) is 23.4 Å². The molecule has 0 radical (unpaired) electrons. The van der Waals surface area contributed by atoms with Crippen molar-refractivity contribution in [2.75, 3.05) is 17.3 Å². The second kappa shape index (κ2) is 5.58. The SMILES string of the molecule is Cn1c(CN)nnc1SCC[C@@H]1CCS(=O)(=O)C1. The van der Waals surface area contributed by atoms with Crippen LogP contribution in [0.2, 0.25) is 0 Å². The molecule has 2 N–H and O–H groups in total. The lowest BCUT2D eigenvalue weighted by molar-refractivity contribution is 0.573. The molecule has 1 aromatic rings. The molecule has 1 aliphatic rings. The molecule has 0 unspecified atom stereocenters. The summed E-state index contributed by atoms with van der Waals surface area (Å²) in [4.78, 5) is 0. The van der Waals surface area contributed by atoms with E-state index in [2.05, 4.69) is 10.2 Å². The molecular weight excluding hydrogens is 272 g/mol. The van der Waals surface area contributed by atoms with E-state index in [0.29, 0.717) is 24.0 Å². The molecule has 0 amide bonds. The molecule has 8 heteroatoms. The molecule has 0 bridgehead atoms. The molecule has 0 aliphatic carbocycles. The second-order valence-electron chi connectivity index (χ2n) is 4.57. The van der Waals surface area contributed by atoms with Gasteiger partial charge >= 0.3 is 0 Å². The Morgan fingerprint density at radius 1 is 1.50 bits per heavy atom. The molecule has 1 fully saturated rings. The van der Waals surface area contributed by atoms with Crippen molar-refractivity contribution in [1.82, 2.24) is 14.8 Å². The third-order valence-electron chi connectivity index (χ3n) is 3.19. The van der Waals surface area contributed by atoms with Gasteiger partial charge in [0, 0.05) is 12.8 Å². The Kier molecular flexibility index (Phi) is 4.29. The summed E-state index contributed by atoms with van der Waals surface area (Å²) in [7, 11) is -0.864. The van der Waals surface area contributed by atoms with E-state index in [-0.39, 0.29) is 0 Å². The highest BCUT2D eigenvalue weighted by atomic mass is 32.2. The van der Waals surface area contributed by atoms with Crippen molar-refractivity contribution in [2.45, 2.75) is 24.5 Å². The number of thioether (sulfide) groups is 1. The van der Waals surface area contributed by atoms with Crippen molar-refractivity contribution in [2.24, 2.45) is 18.7 Å². The minimum absolute atomic E-state index is 0.310. The lowest BCUT2D eigenvalue weighted by Gasteiger charge is -2.06. The summed E-state index contributed by atoms with van der Waals surface area (Å²) >= 11 is 1.61. The molecule has 1 aliphatic heterocycles. The largest absolute Gasteiger partial charge is 0.324 e. The summed E-state index contributed by atoms with van der Waals surface area (Å²) in [6.45, 7) is 0.380. The molecule has 0 aromatic carbocycles. The highest BCUT2D eigenvalue weighted by molar-refractivity contribution is 7.99. The Bertz CT molecular complexity index is 512. The van der Waals surface area contributed by atoms with E-state index in [1.54, 1.807) is 11.8 Å². The lowest BCUT2D eigenvalue weighted by Crippen LogP contribution is -2.07. The molecule has 0 saturated carbocycles. The predicted octanol–water partition coefficient (Wildman–Crippen LogP) is 0.191. The first kappa shape index (κ1) is 13.8. The fourth-order valence-corrected chi connectivity index (χ4v) is 5.01. The summed E-state index contributed by atoms with van der Waals surface area (Å²) in [5, 5.41) is 8.88.